The van der Waals surface area contributed by atoms with E-state index in [2.05, 4.69) is 62.4 Å². The Morgan fingerprint density at radius 2 is 1.72 bits per heavy atom. The minimum atomic E-state index is 0.124. The summed E-state index contributed by atoms with van der Waals surface area (Å²) in [6, 6.07) is 17.1. The van der Waals surface area contributed by atoms with Crippen molar-refractivity contribution in [1.82, 2.24) is 0 Å². The molecular formula is C16H19NS. The quantitative estimate of drug-likeness (QED) is 0.869. The Labute approximate surface area is 113 Å². The minimum Gasteiger partial charge on any atom is -0.324 e. The second kappa shape index (κ2) is 6.07. The Balaban J connectivity index is 2.26. The van der Waals surface area contributed by atoms with Crippen LogP contribution in [0.2, 0.25) is 0 Å². The molecule has 0 fully saturated rings. The van der Waals surface area contributed by atoms with E-state index in [-0.39, 0.29) is 6.04 Å². The van der Waals surface area contributed by atoms with Gasteiger partial charge in [0, 0.05) is 15.8 Å². The van der Waals surface area contributed by atoms with Gasteiger partial charge in [-0.15, -0.1) is 0 Å². The van der Waals surface area contributed by atoms with E-state index in [1.165, 1.54) is 20.9 Å². The molecule has 0 heterocycles. The highest BCUT2D eigenvalue weighted by Crippen LogP contribution is 2.33. The summed E-state index contributed by atoms with van der Waals surface area (Å²) in [4.78, 5) is 2.52. The highest BCUT2D eigenvalue weighted by molar-refractivity contribution is 7.99. The number of aryl methyl sites for hydroxylation is 1. The zero-order chi connectivity index (χ0) is 13.0. The van der Waals surface area contributed by atoms with E-state index in [9.17, 15) is 0 Å². The van der Waals surface area contributed by atoms with Crippen molar-refractivity contribution >= 4 is 11.8 Å². The molecule has 2 aromatic rings. The van der Waals surface area contributed by atoms with Crippen molar-refractivity contribution in [2.45, 2.75) is 36.1 Å². The molecule has 2 N–H and O–H groups in total. The van der Waals surface area contributed by atoms with E-state index in [0.29, 0.717) is 0 Å². The molecule has 2 heteroatoms. The van der Waals surface area contributed by atoms with Crippen LogP contribution in [0, 0.1) is 6.92 Å². The fourth-order valence-corrected chi connectivity index (χ4v) is 2.84. The van der Waals surface area contributed by atoms with Crippen molar-refractivity contribution in [2.24, 2.45) is 5.73 Å². The highest BCUT2D eigenvalue weighted by Gasteiger charge is 2.09. The lowest BCUT2D eigenvalue weighted by atomic mass is 10.1. The van der Waals surface area contributed by atoms with Crippen LogP contribution in [0.3, 0.4) is 0 Å². The molecule has 0 aliphatic carbocycles. The van der Waals surface area contributed by atoms with Crippen molar-refractivity contribution in [3.63, 3.8) is 0 Å². The molecule has 94 valence electrons. The van der Waals surface area contributed by atoms with Gasteiger partial charge in [0.25, 0.3) is 0 Å². The maximum Gasteiger partial charge on any atom is 0.0303 e. The van der Waals surface area contributed by atoms with E-state index in [0.717, 1.165) is 6.42 Å². The molecular weight excluding hydrogens is 238 g/mol. The van der Waals surface area contributed by atoms with E-state index < -0.39 is 0 Å². The largest absolute Gasteiger partial charge is 0.324 e. The van der Waals surface area contributed by atoms with Crippen LogP contribution in [0.1, 0.15) is 30.5 Å². The number of hydrogen-bond acceptors (Lipinski definition) is 2. The van der Waals surface area contributed by atoms with Gasteiger partial charge in [0.1, 0.15) is 0 Å². The van der Waals surface area contributed by atoms with Gasteiger partial charge in [-0.05, 0) is 37.1 Å². The summed E-state index contributed by atoms with van der Waals surface area (Å²) < 4.78 is 0. The SMILES string of the molecule is CC[C@@H](N)c1ccccc1Sc1ccc(C)cc1. The maximum atomic E-state index is 6.16. The Kier molecular flexibility index (Phi) is 4.45. The molecule has 1 nitrogen and oxygen atoms in total. The predicted molar refractivity (Wildman–Crippen MR) is 79.0 cm³/mol. The fourth-order valence-electron chi connectivity index (χ4n) is 1.83. The lowest BCUT2D eigenvalue weighted by Crippen LogP contribution is -2.09. The summed E-state index contributed by atoms with van der Waals surface area (Å²) in [6.45, 7) is 4.23. The van der Waals surface area contributed by atoms with E-state index in [1.54, 1.807) is 11.8 Å². The van der Waals surface area contributed by atoms with Gasteiger partial charge in [-0.1, -0.05) is 54.6 Å². The molecule has 0 saturated heterocycles. The Bertz CT molecular complexity index is 505. The summed E-state index contributed by atoms with van der Waals surface area (Å²) in [5.41, 5.74) is 8.69. The van der Waals surface area contributed by atoms with Crippen LogP contribution >= 0.6 is 11.8 Å². The van der Waals surface area contributed by atoms with Crippen LogP contribution < -0.4 is 5.73 Å². The van der Waals surface area contributed by atoms with Crippen LogP contribution in [0.15, 0.2) is 58.3 Å². The molecule has 0 saturated carbocycles. The first kappa shape index (κ1) is 13.2. The summed E-state index contributed by atoms with van der Waals surface area (Å²) in [5.74, 6) is 0. The molecule has 0 radical (unpaired) electrons. The first-order valence-electron chi connectivity index (χ1n) is 6.29. The van der Waals surface area contributed by atoms with Crippen molar-refractivity contribution in [3.8, 4) is 0 Å². The first-order valence-corrected chi connectivity index (χ1v) is 7.11. The smallest absolute Gasteiger partial charge is 0.0303 e. The standard InChI is InChI=1S/C16H19NS/c1-3-15(17)14-6-4-5-7-16(14)18-13-10-8-12(2)9-11-13/h4-11,15H,3,17H2,1-2H3/t15-/m1/s1. The summed E-state index contributed by atoms with van der Waals surface area (Å²) in [6.07, 6.45) is 0.964. The van der Waals surface area contributed by atoms with Crippen molar-refractivity contribution in [3.05, 3.63) is 59.7 Å². The van der Waals surface area contributed by atoms with Crippen LogP contribution in [-0.4, -0.2) is 0 Å². The third kappa shape index (κ3) is 3.15. The van der Waals surface area contributed by atoms with Crippen molar-refractivity contribution in [1.29, 1.82) is 0 Å². The highest BCUT2D eigenvalue weighted by atomic mass is 32.2. The van der Waals surface area contributed by atoms with Gasteiger partial charge in [-0.25, -0.2) is 0 Å². The van der Waals surface area contributed by atoms with Crippen molar-refractivity contribution in [2.75, 3.05) is 0 Å². The summed E-state index contributed by atoms with van der Waals surface area (Å²) in [5, 5.41) is 0. The first-order chi connectivity index (χ1) is 8.70. The lowest BCUT2D eigenvalue weighted by Gasteiger charge is -2.14. The van der Waals surface area contributed by atoms with Crippen LogP contribution in [0.25, 0.3) is 0 Å². The average Bonchev–Trinajstić information content (AvgIpc) is 2.41. The van der Waals surface area contributed by atoms with Crippen LogP contribution in [0.5, 0.6) is 0 Å². The van der Waals surface area contributed by atoms with E-state index >= 15 is 0 Å². The van der Waals surface area contributed by atoms with Gasteiger partial charge in [0.05, 0.1) is 0 Å². The predicted octanol–water partition coefficient (Wildman–Crippen LogP) is 4.56. The second-order valence-corrected chi connectivity index (χ2v) is 5.58. The van der Waals surface area contributed by atoms with E-state index in [1.807, 2.05) is 0 Å². The molecule has 2 aromatic carbocycles. The van der Waals surface area contributed by atoms with Gasteiger partial charge in [-0.3, -0.25) is 0 Å². The normalized spacial score (nSPS) is 12.4. The monoisotopic (exact) mass is 257 g/mol. The van der Waals surface area contributed by atoms with E-state index in [4.69, 9.17) is 5.73 Å². The average molecular weight is 257 g/mol. The maximum absolute atomic E-state index is 6.16. The summed E-state index contributed by atoms with van der Waals surface area (Å²) in [7, 11) is 0. The number of nitrogens with two attached hydrogens (primary N) is 1. The number of rotatable bonds is 4. The van der Waals surface area contributed by atoms with Gasteiger partial charge >= 0.3 is 0 Å². The minimum absolute atomic E-state index is 0.124. The molecule has 18 heavy (non-hydrogen) atoms. The zero-order valence-electron chi connectivity index (χ0n) is 10.9. The lowest BCUT2D eigenvalue weighted by molar-refractivity contribution is 0.685. The van der Waals surface area contributed by atoms with Crippen LogP contribution in [0.4, 0.5) is 0 Å². The Morgan fingerprint density at radius 3 is 2.39 bits per heavy atom. The molecule has 0 spiro atoms. The topological polar surface area (TPSA) is 26.0 Å². The molecule has 0 unspecified atom stereocenters. The molecule has 0 amide bonds. The van der Waals surface area contributed by atoms with Gasteiger partial charge in [0.15, 0.2) is 0 Å². The van der Waals surface area contributed by atoms with Crippen molar-refractivity contribution < 1.29 is 0 Å². The summed E-state index contributed by atoms with van der Waals surface area (Å²) >= 11 is 1.79. The Hall–Kier alpha value is -1.25. The molecule has 2 rings (SSSR count). The number of hydrogen-bond donors (Lipinski definition) is 1. The van der Waals surface area contributed by atoms with Gasteiger partial charge < -0.3 is 5.73 Å². The number of benzene rings is 2. The second-order valence-electron chi connectivity index (χ2n) is 4.47. The zero-order valence-corrected chi connectivity index (χ0v) is 11.7. The molecule has 0 aliphatic rings. The van der Waals surface area contributed by atoms with Gasteiger partial charge in [-0.2, -0.15) is 0 Å². The molecule has 1 atom stereocenters. The third-order valence-corrected chi connectivity index (χ3v) is 4.11. The molecule has 0 aliphatic heterocycles. The molecule has 0 bridgehead atoms. The third-order valence-electron chi connectivity index (χ3n) is 3.01. The van der Waals surface area contributed by atoms with Gasteiger partial charge in [0.2, 0.25) is 0 Å². The Morgan fingerprint density at radius 1 is 1.06 bits per heavy atom. The fraction of sp³-hybridized carbons (Fsp3) is 0.250. The van der Waals surface area contributed by atoms with Crippen LogP contribution in [-0.2, 0) is 0 Å². The molecule has 0 aromatic heterocycles.